The molecule has 0 aliphatic rings. The summed E-state index contributed by atoms with van der Waals surface area (Å²) >= 11 is 0. The molecule has 1 heterocycles. The number of nitrogens with zero attached hydrogens (tertiary/aromatic N) is 3. The Labute approximate surface area is 199 Å². The molecule has 2 aromatic carbocycles. The maximum atomic E-state index is 10.7. The third-order valence-corrected chi connectivity index (χ3v) is 5.74. The van der Waals surface area contributed by atoms with Crippen molar-refractivity contribution in [2.75, 3.05) is 13.1 Å². The average molecular weight is 450 g/mol. The van der Waals surface area contributed by atoms with Gasteiger partial charge < -0.3 is 9.84 Å². The lowest BCUT2D eigenvalue weighted by molar-refractivity contribution is 0.0929. The Balaban J connectivity index is 1.97. The fourth-order valence-corrected chi connectivity index (χ4v) is 4.14. The molecule has 0 spiro atoms. The molecule has 5 nitrogen and oxygen atoms in total. The largest absolute Gasteiger partial charge is 0.439 e. The second-order valence-corrected chi connectivity index (χ2v) is 9.42. The van der Waals surface area contributed by atoms with Gasteiger partial charge in [0.25, 0.3) is 0 Å². The van der Waals surface area contributed by atoms with Crippen molar-refractivity contribution in [2.45, 2.75) is 59.6 Å². The molecule has 0 amide bonds. The van der Waals surface area contributed by atoms with Gasteiger partial charge in [-0.05, 0) is 31.4 Å². The van der Waals surface area contributed by atoms with E-state index in [0.717, 1.165) is 54.3 Å². The van der Waals surface area contributed by atoms with Crippen molar-refractivity contribution < 1.29 is 9.84 Å². The van der Waals surface area contributed by atoms with E-state index in [2.05, 4.69) is 56.9 Å². The number of benzene rings is 2. The van der Waals surface area contributed by atoms with Gasteiger partial charge in [0.15, 0.2) is 0 Å². The number of aryl methyl sites for hydroxylation is 2. The maximum absolute atomic E-state index is 10.7. The molecule has 0 saturated carbocycles. The summed E-state index contributed by atoms with van der Waals surface area (Å²) < 4.78 is 8.22. The predicted molar refractivity (Wildman–Crippen MR) is 136 cm³/mol. The van der Waals surface area contributed by atoms with Crippen LogP contribution < -0.4 is 4.74 Å². The Hall–Kier alpha value is -2.63. The van der Waals surface area contributed by atoms with E-state index in [4.69, 9.17) is 9.84 Å². The fraction of sp³-hybridized carbons (Fsp3) is 0.464. The summed E-state index contributed by atoms with van der Waals surface area (Å²) in [5.74, 6) is 2.03. The highest BCUT2D eigenvalue weighted by molar-refractivity contribution is 5.65. The second kappa shape index (κ2) is 12.0. The molecule has 0 aliphatic heterocycles. The molecule has 3 rings (SSSR count). The highest BCUT2D eigenvalue weighted by Crippen LogP contribution is 2.34. The molecule has 0 saturated heterocycles. The van der Waals surface area contributed by atoms with Crippen LogP contribution >= 0.6 is 0 Å². The number of aliphatic hydroxyl groups excluding tert-OH is 1. The normalized spacial score (nSPS) is 12.5. The number of unbranched alkanes of at least 4 members (excludes halogenated alkanes) is 1. The molecule has 0 aliphatic carbocycles. The zero-order valence-electron chi connectivity index (χ0n) is 20.8. The van der Waals surface area contributed by atoms with Crippen LogP contribution in [0.5, 0.6) is 11.6 Å². The molecular formula is C28H39N3O2. The molecule has 0 fully saturated rings. The SMILES string of the molecule is CCCCC(O)CN(Cc1c(-c2ccccc2)nn(C)c1Oc1ccc(C)cc1)CC(C)C. The van der Waals surface area contributed by atoms with Crippen LogP contribution in [0.1, 0.15) is 51.2 Å². The first-order valence-corrected chi connectivity index (χ1v) is 12.1. The standard InChI is InChI=1S/C28H39N3O2/c1-6-7-13-24(32)19-31(18-21(2)3)20-26-27(23-11-9-8-10-12-23)29-30(5)28(26)33-25-16-14-22(4)15-17-25/h8-12,14-17,21,24,32H,6-7,13,18-20H2,1-5H3. The van der Waals surface area contributed by atoms with Crippen molar-refractivity contribution in [1.82, 2.24) is 14.7 Å². The van der Waals surface area contributed by atoms with E-state index in [1.807, 2.05) is 42.1 Å². The van der Waals surface area contributed by atoms with E-state index in [0.29, 0.717) is 19.0 Å². The molecule has 0 bridgehead atoms. The highest BCUT2D eigenvalue weighted by Gasteiger charge is 2.23. The number of hydrogen-bond donors (Lipinski definition) is 1. The molecule has 0 radical (unpaired) electrons. The molecule has 178 valence electrons. The molecular weight excluding hydrogens is 410 g/mol. The molecule has 1 aromatic heterocycles. The van der Waals surface area contributed by atoms with Gasteiger partial charge in [-0.1, -0.05) is 81.6 Å². The quantitative estimate of drug-likeness (QED) is 0.358. The minimum atomic E-state index is -0.331. The summed E-state index contributed by atoms with van der Waals surface area (Å²) in [6, 6.07) is 18.4. The third-order valence-electron chi connectivity index (χ3n) is 5.74. The van der Waals surface area contributed by atoms with Gasteiger partial charge in [0.2, 0.25) is 5.88 Å². The lowest BCUT2D eigenvalue weighted by atomic mass is 10.1. The van der Waals surface area contributed by atoms with Gasteiger partial charge in [-0.2, -0.15) is 5.10 Å². The van der Waals surface area contributed by atoms with Crippen LogP contribution in [-0.4, -0.2) is 39.0 Å². The number of ether oxygens (including phenoxy) is 1. The first-order chi connectivity index (χ1) is 15.9. The number of aliphatic hydroxyl groups is 1. The summed E-state index contributed by atoms with van der Waals surface area (Å²) in [4.78, 5) is 2.34. The lowest BCUT2D eigenvalue weighted by Gasteiger charge is -2.27. The van der Waals surface area contributed by atoms with Crippen molar-refractivity contribution >= 4 is 0 Å². The van der Waals surface area contributed by atoms with Crippen molar-refractivity contribution in [3.63, 3.8) is 0 Å². The topological polar surface area (TPSA) is 50.5 Å². The molecule has 3 aromatic rings. The van der Waals surface area contributed by atoms with E-state index >= 15 is 0 Å². The Morgan fingerprint density at radius 3 is 2.36 bits per heavy atom. The van der Waals surface area contributed by atoms with Gasteiger partial charge >= 0.3 is 0 Å². The van der Waals surface area contributed by atoms with Crippen LogP contribution in [-0.2, 0) is 13.6 Å². The van der Waals surface area contributed by atoms with Gasteiger partial charge in [-0.25, -0.2) is 4.68 Å². The Kier molecular flexibility index (Phi) is 9.10. The van der Waals surface area contributed by atoms with Gasteiger partial charge in [0, 0.05) is 32.2 Å². The predicted octanol–water partition coefficient (Wildman–Crippen LogP) is 6.20. The molecule has 1 unspecified atom stereocenters. The minimum Gasteiger partial charge on any atom is -0.439 e. The van der Waals surface area contributed by atoms with Gasteiger partial charge in [-0.15, -0.1) is 0 Å². The van der Waals surface area contributed by atoms with E-state index in [1.165, 1.54) is 5.56 Å². The van der Waals surface area contributed by atoms with Gasteiger partial charge in [0.05, 0.1) is 11.7 Å². The fourth-order valence-electron chi connectivity index (χ4n) is 4.14. The number of rotatable bonds is 12. The van der Waals surface area contributed by atoms with E-state index in [9.17, 15) is 5.11 Å². The molecule has 5 heteroatoms. The number of hydrogen-bond acceptors (Lipinski definition) is 4. The third kappa shape index (κ3) is 7.18. The maximum Gasteiger partial charge on any atom is 0.222 e. The van der Waals surface area contributed by atoms with Crippen LogP contribution in [0.2, 0.25) is 0 Å². The van der Waals surface area contributed by atoms with Crippen LogP contribution in [0.25, 0.3) is 11.3 Å². The van der Waals surface area contributed by atoms with Gasteiger partial charge in [0.1, 0.15) is 11.4 Å². The highest BCUT2D eigenvalue weighted by atomic mass is 16.5. The summed E-state index contributed by atoms with van der Waals surface area (Å²) in [6.07, 6.45) is 2.63. The Morgan fingerprint density at radius 2 is 1.73 bits per heavy atom. The molecule has 33 heavy (non-hydrogen) atoms. The summed E-state index contributed by atoms with van der Waals surface area (Å²) in [6.45, 7) is 10.9. The van der Waals surface area contributed by atoms with Crippen LogP contribution in [0.3, 0.4) is 0 Å². The van der Waals surface area contributed by atoms with Crippen molar-refractivity contribution in [3.8, 4) is 22.9 Å². The van der Waals surface area contributed by atoms with E-state index in [1.54, 1.807) is 0 Å². The number of aromatic nitrogens is 2. The lowest BCUT2D eigenvalue weighted by Crippen LogP contribution is -2.35. The van der Waals surface area contributed by atoms with Crippen molar-refractivity contribution in [2.24, 2.45) is 13.0 Å². The minimum absolute atomic E-state index is 0.331. The van der Waals surface area contributed by atoms with Crippen LogP contribution in [0.4, 0.5) is 0 Å². The van der Waals surface area contributed by atoms with E-state index < -0.39 is 0 Å². The monoisotopic (exact) mass is 449 g/mol. The second-order valence-electron chi connectivity index (χ2n) is 9.42. The smallest absolute Gasteiger partial charge is 0.222 e. The summed E-state index contributed by atoms with van der Waals surface area (Å²) in [5.41, 5.74) is 4.24. The average Bonchev–Trinajstić information content (AvgIpc) is 3.09. The zero-order valence-corrected chi connectivity index (χ0v) is 20.8. The molecule has 1 N–H and O–H groups in total. The van der Waals surface area contributed by atoms with E-state index in [-0.39, 0.29) is 6.10 Å². The summed E-state index contributed by atoms with van der Waals surface area (Å²) in [5, 5.41) is 15.5. The Morgan fingerprint density at radius 1 is 1.03 bits per heavy atom. The van der Waals surface area contributed by atoms with Crippen LogP contribution in [0.15, 0.2) is 54.6 Å². The summed E-state index contributed by atoms with van der Waals surface area (Å²) in [7, 11) is 1.93. The van der Waals surface area contributed by atoms with Crippen LogP contribution in [0, 0.1) is 12.8 Å². The van der Waals surface area contributed by atoms with Gasteiger partial charge in [-0.3, -0.25) is 4.90 Å². The zero-order chi connectivity index (χ0) is 23.8. The van der Waals surface area contributed by atoms with Crippen molar-refractivity contribution in [1.29, 1.82) is 0 Å². The Bertz CT molecular complexity index is 980. The first-order valence-electron chi connectivity index (χ1n) is 12.1. The molecule has 1 atom stereocenters. The first kappa shape index (κ1) is 25.0. The van der Waals surface area contributed by atoms with Crippen molar-refractivity contribution in [3.05, 3.63) is 65.7 Å².